The maximum atomic E-state index is 11.5. The van der Waals surface area contributed by atoms with Gasteiger partial charge in [0.15, 0.2) is 5.75 Å². The van der Waals surface area contributed by atoms with Gasteiger partial charge < -0.3 is 5.11 Å². The van der Waals surface area contributed by atoms with Gasteiger partial charge in [-0.1, -0.05) is 6.92 Å². The Morgan fingerprint density at radius 2 is 2.20 bits per heavy atom. The molecule has 2 atom stereocenters. The van der Waals surface area contributed by atoms with Crippen molar-refractivity contribution in [1.29, 1.82) is 5.26 Å². The number of hydrogen-bond donors (Lipinski definition) is 1. The highest BCUT2D eigenvalue weighted by molar-refractivity contribution is 7.89. The molecule has 15 heavy (non-hydrogen) atoms. The molecule has 0 bridgehead atoms. The van der Waals surface area contributed by atoms with Crippen molar-refractivity contribution < 1.29 is 18.3 Å². The third-order valence-electron chi connectivity index (χ3n) is 2.54. The Balaban J connectivity index is 2.79. The van der Waals surface area contributed by atoms with Crippen LogP contribution in [0.5, 0.6) is 0 Å². The van der Waals surface area contributed by atoms with E-state index in [1.807, 2.05) is 0 Å². The molecule has 0 amide bonds. The fourth-order valence-electron chi connectivity index (χ4n) is 1.64. The van der Waals surface area contributed by atoms with Crippen LogP contribution >= 0.6 is 0 Å². The fourth-order valence-corrected chi connectivity index (χ4v) is 2.84. The van der Waals surface area contributed by atoms with E-state index in [2.05, 4.69) is 0 Å². The first-order valence-corrected chi connectivity index (χ1v) is 6.07. The highest BCUT2D eigenvalue weighted by Gasteiger charge is 2.39. The molecular formula is C8H12N2O4S. The van der Waals surface area contributed by atoms with Gasteiger partial charge in [0, 0.05) is 13.1 Å². The number of nitrogens with zero attached hydrogens (tertiary/aromatic N) is 2. The molecule has 6 nitrogen and oxygen atoms in total. The number of rotatable bonds is 3. The van der Waals surface area contributed by atoms with Crippen molar-refractivity contribution in [2.75, 3.05) is 18.8 Å². The summed E-state index contributed by atoms with van der Waals surface area (Å²) in [7, 11) is -3.60. The van der Waals surface area contributed by atoms with Crippen LogP contribution < -0.4 is 0 Å². The third kappa shape index (κ3) is 2.46. The Morgan fingerprint density at radius 1 is 1.60 bits per heavy atom. The standard InChI is InChI=1S/C8H12N2O4S/c1-6-4-10(5-7(6)8(11)12)15(13,14)3-2-9/h6-7H,3-5H2,1H3,(H,11,12). The van der Waals surface area contributed by atoms with Gasteiger partial charge in [-0.05, 0) is 5.92 Å². The van der Waals surface area contributed by atoms with Crippen LogP contribution in [-0.4, -0.2) is 42.6 Å². The van der Waals surface area contributed by atoms with E-state index in [9.17, 15) is 13.2 Å². The van der Waals surface area contributed by atoms with Gasteiger partial charge in [0.05, 0.1) is 12.0 Å². The Kier molecular flexibility index (Phi) is 3.31. The van der Waals surface area contributed by atoms with Crippen LogP contribution in [0, 0.1) is 23.2 Å². The average Bonchev–Trinajstić information content (AvgIpc) is 2.47. The lowest BCUT2D eigenvalue weighted by Gasteiger charge is -2.12. The van der Waals surface area contributed by atoms with Gasteiger partial charge in [-0.3, -0.25) is 4.79 Å². The molecule has 0 saturated carbocycles. The molecule has 0 spiro atoms. The molecule has 1 saturated heterocycles. The summed E-state index contributed by atoms with van der Waals surface area (Å²) in [5.41, 5.74) is 0. The van der Waals surface area contributed by atoms with Gasteiger partial charge in [0.1, 0.15) is 0 Å². The molecule has 1 heterocycles. The molecule has 1 fully saturated rings. The summed E-state index contributed by atoms with van der Waals surface area (Å²) in [4.78, 5) is 10.8. The number of sulfonamides is 1. The van der Waals surface area contributed by atoms with E-state index in [0.717, 1.165) is 4.31 Å². The van der Waals surface area contributed by atoms with Crippen molar-refractivity contribution in [3.63, 3.8) is 0 Å². The molecule has 84 valence electrons. The molecule has 0 aromatic heterocycles. The summed E-state index contributed by atoms with van der Waals surface area (Å²) >= 11 is 0. The third-order valence-corrected chi connectivity index (χ3v) is 4.12. The monoisotopic (exact) mass is 232 g/mol. The van der Waals surface area contributed by atoms with Gasteiger partial charge in [-0.15, -0.1) is 0 Å². The van der Waals surface area contributed by atoms with Crippen molar-refractivity contribution in [3.05, 3.63) is 0 Å². The lowest BCUT2D eigenvalue weighted by molar-refractivity contribution is -0.142. The lowest BCUT2D eigenvalue weighted by atomic mass is 9.99. The van der Waals surface area contributed by atoms with Crippen LogP contribution in [0.1, 0.15) is 6.92 Å². The van der Waals surface area contributed by atoms with Crippen molar-refractivity contribution >= 4 is 16.0 Å². The average molecular weight is 232 g/mol. The van der Waals surface area contributed by atoms with Crippen LogP contribution in [-0.2, 0) is 14.8 Å². The SMILES string of the molecule is CC1CN(S(=O)(=O)CC#N)CC1C(=O)O. The maximum absolute atomic E-state index is 11.5. The van der Waals surface area contributed by atoms with Crippen LogP contribution in [0.2, 0.25) is 0 Å². The van der Waals surface area contributed by atoms with E-state index in [1.54, 1.807) is 13.0 Å². The molecule has 2 unspecified atom stereocenters. The summed E-state index contributed by atoms with van der Waals surface area (Å²) < 4.78 is 24.0. The Bertz CT molecular complexity index is 397. The van der Waals surface area contributed by atoms with Gasteiger partial charge in [0.2, 0.25) is 10.0 Å². The van der Waals surface area contributed by atoms with E-state index >= 15 is 0 Å². The molecular weight excluding hydrogens is 220 g/mol. The number of carboxylic acids is 1. The van der Waals surface area contributed by atoms with Gasteiger partial charge in [0.25, 0.3) is 0 Å². The minimum Gasteiger partial charge on any atom is -0.481 e. The molecule has 1 N–H and O–H groups in total. The van der Waals surface area contributed by atoms with E-state index in [4.69, 9.17) is 10.4 Å². The van der Waals surface area contributed by atoms with Crippen LogP contribution in [0.15, 0.2) is 0 Å². The van der Waals surface area contributed by atoms with E-state index < -0.39 is 27.7 Å². The molecule has 7 heteroatoms. The largest absolute Gasteiger partial charge is 0.481 e. The van der Waals surface area contributed by atoms with Crippen molar-refractivity contribution in [2.24, 2.45) is 11.8 Å². The van der Waals surface area contributed by atoms with Crippen molar-refractivity contribution in [2.45, 2.75) is 6.92 Å². The van der Waals surface area contributed by atoms with Crippen LogP contribution in [0.3, 0.4) is 0 Å². The van der Waals surface area contributed by atoms with Gasteiger partial charge in [-0.25, -0.2) is 8.42 Å². The molecule has 0 aromatic rings. The van der Waals surface area contributed by atoms with Crippen molar-refractivity contribution in [1.82, 2.24) is 4.31 Å². The highest BCUT2D eigenvalue weighted by Crippen LogP contribution is 2.25. The number of carboxylic acid groups (broad SMARTS) is 1. The predicted octanol–water partition coefficient (Wildman–Crippen LogP) is -0.508. The number of hydrogen-bond acceptors (Lipinski definition) is 4. The summed E-state index contributed by atoms with van der Waals surface area (Å²) in [6.07, 6.45) is 0. The fraction of sp³-hybridized carbons (Fsp3) is 0.750. The number of carbonyl (C=O) groups is 1. The first-order valence-electron chi connectivity index (χ1n) is 4.46. The normalized spacial score (nSPS) is 27.5. The van der Waals surface area contributed by atoms with Crippen LogP contribution in [0.4, 0.5) is 0 Å². The molecule has 0 aliphatic carbocycles. The predicted molar refractivity (Wildman–Crippen MR) is 51.3 cm³/mol. The van der Waals surface area contributed by atoms with Crippen molar-refractivity contribution in [3.8, 4) is 6.07 Å². The highest BCUT2D eigenvalue weighted by atomic mass is 32.2. The first-order chi connectivity index (χ1) is 6.88. The van der Waals surface area contributed by atoms with Gasteiger partial charge in [-0.2, -0.15) is 9.57 Å². The zero-order valence-electron chi connectivity index (χ0n) is 8.25. The van der Waals surface area contributed by atoms with E-state index in [1.165, 1.54) is 0 Å². The second kappa shape index (κ2) is 4.16. The second-order valence-corrected chi connectivity index (χ2v) is 5.62. The van der Waals surface area contributed by atoms with E-state index in [-0.39, 0.29) is 19.0 Å². The molecule has 1 aliphatic rings. The summed E-state index contributed by atoms with van der Waals surface area (Å²) in [5.74, 6) is -2.46. The zero-order chi connectivity index (χ0) is 11.6. The minimum absolute atomic E-state index is 0.0273. The van der Waals surface area contributed by atoms with E-state index in [0.29, 0.717) is 0 Å². The second-order valence-electron chi connectivity index (χ2n) is 3.65. The number of nitriles is 1. The maximum Gasteiger partial charge on any atom is 0.308 e. The summed E-state index contributed by atoms with van der Waals surface area (Å²) in [5, 5.41) is 17.1. The summed E-state index contributed by atoms with van der Waals surface area (Å²) in [6, 6.07) is 1.57. The minimum atomic E-state index is -3.60. The van der Waals surface area contributed by atoms with Crippen LogP contribution in [0.25, 0.3) is 0 Å². The zero-order valence-corrected chi connectivity index (χ0v) is 9.07. The Morgan fingerprint density at radius 3 is 2.60 bits per heavy atom. The lowest BCUT2D eigenvalue weighted by Crippen LogP contribution is -2.31. The molecule has 1 rings (SSSR count). The topological polar surface area (TPSA) is 98.5 Å². The summed E-state index contributed by atoms with van der Waals surface area (Å²) in [6.45, 7) is 1.85. The molecule has 1 aliphatic heterocycles. The smallest absolute Gasteiger partial charge is 0.308 e. The Hall–Kier alpha value is -1.13. The quantitative estimate of drug-likeness (QED) is 0.706. The van der Waals surface area contributed by atoms with Gasteiger partial charge >= 0.3 is 5.97 Å². The molecule has 0 aromatic carbocycles. The number of aliphatic carboxylic acids is 1. The first kappa shape index (κ1) is 11.9. The molecule has 0 radical (unpaired) electrons. The Labute approximate surface area is 88.2 Å².